The first-order valence-electron chi connectivity index (χ1n) is 13.2. The van der Waals surface area contributed by atoms with Crippen LogP contribution in [0.15, 0.2) is 54.7 Å². The summed E-state index contributed by atoms with van der Waals surface area (Å²) in [4.78, 5) is 27.6. The van der Waals surface area contributed by atoms with Crippen molar-refractivity contribution in [1.29, 1.82) is 5.26 Å². The van der Waals surface area contributed by atoms with Crippen LogP contribution in [0.1, 0.15) is 30.5 Å². The molecule has 2 saturated heterocycles. The van der Waals surface area contributed by atoms with Crippen LogP contribution in [-0.4, -0.2) is 72.9 Å². The Morgan fingerprint density at radius 2 is 1.98 bits per heavy atom. The highest BCUT2D eigenvalue weighted by Gasteiger charge is 2.31. The summed E-state index contributed by atoms with van der Waals surface area (Å²) < 4.78 is 7.17. The Hall–Kier alpha value is -4.89. The van der Waals surface area contributed by atoms with Gasteiger partial charge in [0.1, 0.15) is 17.6 Å². The number of carboxylic acid groups (broad SMARTS) is 1. The molecule has 40 heavy (non-hydrogen) atoms. The lowest BCUT2D eigenvalue weighted by molar-refractivity contribution is -0.138. The molecule has 12 heteroatoms. The van der Waals surface area contributed by atoms with Crippen molar-refractivity contribution in [2.24, 2.45) is 0 Å². The molecule has 2 fully saturated rings. The Labute approximate surface area is 230 Å². The molecule has 0 saturated carbocycles. The number of rotatable bonds is 8. The number of carboxylic acids is 1. The highest BCUT2D eigenvalue weighted by Crippen LogP contribution is 2.27. The zero-order valence-corrected chi connectivity index (χ0v) is 21.6. The smallest absolute Gasteiger partial charge is 0.326 e. The van der Waals surface area contributed by atoms with E-state index in [9.17, 15) is 15.2 Å². The molecule has 2 aliphatic rings. The predicted molar refractivity (Wildman–Crippen MR) is 145 cm³/mol. The minimum atomic E-state index is -0.830. The van der Waals surface area contributed by atoms with Gasteiger partial charge in [0.25, 0.3) is 0 Å². The fourth-order valence-corrected chi connectivity index (χ4v) is 5.04. The van der Waals surface area contributed by atoms with Gasteiger partial charge < -0.3 is 20.1 Å². The monoisotopic (exact) mass is 537 g/mol. The van der Waals surface area contributed by atoms with E-state index in [0.717, 1.165) is 24.1 Å². The van der Waals surface area contributed by atoms with E-state index in [1.807, 2.05) is 41.3 Å². The molecule has 0 amide bonds. The van der Waals surface area contributed by atoms with Crippen LogP contribution < -0.4 is 10.2 Å². The zero-order valence-electron chi connectivity index (χ0n) is 21.6. The Morgan fingerprint density at radius 3 is 2.80 bits per heavy atom. The van der Waals surface area contributed by atoms with E-state index in [1.165, 1.54) is 0 Å². The van der Waals surface area contributed by atoms with Crippen molar-refractivity contribution in [3.63, 3.8) is 0 Å². The SMILES string of the molecule is N#Cc1cccc(-c2cc(-c3cn(Cc4cccc(N5CCC[C@@H]5C(=O)O)n4)nn3)nc(N[C@H]3CCOC3)n2)c1. The number of nitrogens with zero attached hydrogens (tertiary/aromatic N) is 8. The van der Waals surface area contributed by atoms with Gasteiger partial charge in [-0.25, -0.2) is 24.4 Å². The van der Waals surface area contributed by atoms with Gasteiger partial charge in [-0.1, -0.05) is 23.4 Å². The predicted octanol–water partition coefficient (Wildman–Crippen LogP) is 2.97. The number of hydrogen-bond donors (Lipinski definition) is 2. The molecule has 202 valence electrons. The molecule has 1 aromatic carbocycles. The van der Waals surface area contributed by atoms with Gasteiger partial charge in [-0.05, 0) is 49.6 Å². The Balaban J connectivity index is 1.27. The summed E-state index contributed by atoms with van der Waals surface area (Å²) in [5.74, 6) is 0.269. The topological polar surface area (TPSA) is 155 Å². The third kappa shape index (κ3) is 5.45. The summed E-state index contributed by atoms with van der Waals surface area (Å²) in [5, 5.41) is 30.9. The molecule has 3 aromatic heterocycles. The number of carbonyl (C=O) groups is 1. The summed E-state index contributed by atoms with van der Waals surface area (Å²) in [6, 6.07) is 16.4. The Morgan fingerprint density at radius 1 is 1.10 bits per heavy atom. The van der Waals surface area contributed by atoms with Crippen LogP contribution in [-0.2, 0) is 16.1 Å². The van der Waals surface area contributed by atoms with Crippen LogP contribution in [0.5, 0.6) is 0 Å². The van der Waals surface area contributed by atoms with Gasteiger partial charge in [-0.2, -0.15) is 5.26 Å². The number of pyridine rings is 1. The average molecular weight is 538 g/mol. The van der Waals surface area contributed by atoms with Crippen molar-refractivity contribution in [2.75, 3.05) is 30.0 Å². The molecule has 6 rings (SSSR count). The quantitative estimate of drug-likeness (QED) is 0.341. The first-order chi connectivity index (χ1) is 19.6. The van der Waals surface area contributed by atoms with E-state index < -0.39 is 12.0 Å². The second kappa shape index (κ2) is 11.1. The third-order valence-corrected chi connectivity index (χ3v) is 7.03. The van der Waals surface area contributed by atoms with Crippen molar-refractivity contribution in [1.82, 2.24) is 29.9 Å². The first-order valence-corrected chi connectivity index (χ1v) is 13.2. The van der Waals surface area contributed by atoms with E-state index in [1.54, 1.807) is 23.0 Å². The molecule has 0 spiro atoms. The number of anilines is 2. The summed E-state index contributed by atoms with van der Waals surface area (Å²) in [6.45, 7) is 2.29. The number of hydrogen-bond acceptors (Lipinski definition) is 10. The number of benzene rings is 1. The molecule has 4 aromatic rings. The minimum Gasteiger partial charge on any atom is -0.480 e. The van der Waals surface area contributed by atoms with Crippen molar-refractivity contribution in [3.05, 3.63) is 66.0 Å². The maximum Gasteiger partial charge on any atom is 0.326 e. The molecule has 0 radical (unpaired) electrons. The standard InChI is InChI=1S/C28H27N9O3/c29-14-18-4-1-5-19(12-18)22-13-23(33-28(32-22)31-21-9-11-40-17-21)24-16-36(35-34-24)15-20-6-2-8-26(30-20)37-10-3-7-25(37)27(38)39/h1-2,4-6,8,12-13,16,21,25H,3,7,9-11,15,17H2,(H,38,39)(H,31,32,33)/t21-,25+/m0/s1. The largest absolute Gasteiger partial charge is 0.480 e. The van der Waals surface area contributed by atoms with Crippen LogP contribution in [0.4, 0.5) is 11.8 Å². The first kappa shape index (κ1) is 25.4. The van der Waals surface area contributed by atoms with Gasteiger partial charge in [0.05, 0.1) is 54.1 Å². The molecule has 0 bridgehead atoms. The number of ether oxygens (including phenoxy) is 1. The lowest BCUT2D eigenvalue weighted by Crippen LogP contribution is -2.36. The molecular weight excluding hydrogens is 510 g/mol. The minimum absolute atomic E-state index is 0.110. The molecule has 5 heterocycles. The van der Waals surface area contributed by atoms with Gasteiger partial charge in [-0.3, -0.25) is 0 Å². The lowest BCUT2D eigenvalue weighted by atomic mass is 10.1. The van der Waals surface area contributed by atoms with Crippen LogP contribution >= 0.6 is 0 Å². The normalized spacial score (nSPS) is 18.5. The van der Waals surface area contributed by atoms with Crippen LogP contribution in [0.3, 0.4) is 0 Å². The van der Waals surface area contributed by atoms with Gasteiger partial charge in [-0.15, -0.1) is 5.10 Å². The number of aromatic nitrogens is 6. The summed E-state index contributed by atoms with van der Waals surface area (Å²) in [6.07, 6.45) is 4.09. The summed E-state index contributed by atoms with van der Waals surface area (Å²) in [5.41, 5.74) is 3.89. The van der Waals surface area contributed by atoms with E-state index in [4.69, 9.17) is 19.7 Å². The van der Waals surface area contributed by atoms with Crippen LogP contribution in [0.2, 0.25) is 0 Å². The maximum absolute atomic E-state index is 11.6. The third-order valence-electron chi connectivity index (χ3n) is 7.03. The molecule has 2 atom stereocenters. The maximum atomic E-state index is 11.6. The van der Waals surface area contributed by atoms with Crippen molar-refractivity contribution in [3.8, 4) is 28.7 Å². The van der Waals surface area contributed by atoms with Gasteiger partial charge in [0, 0.05) is 18.7 Å². The molecule has 0 unspecified atom stereocenters. The van der Waals surface area contributed by atoms with Gasteiger partial charge in [0.15, 0.2) is 0 Å². The molecule has 2 N–H and O–H groups in total. The van der Waals surface area contributed by atoms with E-state index >= 15 is 0 Å². The highest BCUT2D eigenvalue weighted by molar-refractivity contribution is 5.78. The van der Waals surface area contributed by atoms with E-state index in [0.29, 0.717) is 67.1 Å². The van der Waals surface area contributed by atoms with E-state index in [2.05, 4.69) is 21.7 Å². The molecule has 2 aliphatic heterocycles. The van der Waals surface area contributed by atoms with Crippen LogP contribution in [0.25, 0.3) is 22.6 Å². The van der Waals surface area contributed by atoms with Crippen molar-refractivity contribution < 1.29 is 14.6 Å². The fourth-order valence-electron chi connectivity index (χ4n) is 5.04. The van der Waals surface area contributed by atoms with Crippen molar-refractivity contribution >= 4 is 17.7 Å². The summed E-state index contributed by atoms with van der Waals surface area (Å²) in [7, 11) is 0. The molecule has 0 aliphatic carbocycles. The number of aliphatic carboxylic acids is 1. The Bertz CT molecular complexity index is 1580. The highest BCUT2D eigenvalue weighted by atomic mass is 16.5. The second-order valence-corrected chi connectivity index (χ2v) is 9.84. The zero-order chi connectivity index (χ0) is 27.5. The second-order valence-electron chi connectivity index (χ2n) is 9.84. The number of nitriles is 1. The number of nitrogens with one attached hydrogen (secondary N) is 1. The average Bonchev–Trinajstić information content (AvgIpc) is 3.76. The van der Waals surface area contributed by atoms with Crippen LogP contribution in [0, 0.1) is 11.3 Å². The van der Waals surface area contributed by atoms with E-state index in [-0.39, 0.29) is 6.04 Å². The lowest BCUT2D eigenvalue weighted by Gasteiger charge is -2.22. The summed E-state index contributed by atoms with van der Waals surface area (Å²) >= 11 is 0. The van der Waals surface area contributed by atoms with Gasteiger partial charge in [0.2, 0.25) is 5.95 Å². The molecular formula is C28H27N9O3. The van der Waals surface area contributed by atoms with Crippen molar-refractivity contribution in [2.45, 2.75) is 37.9 Å². The fraction of sp³-hybridized carbons (Fsp3) is 0.321. The Kier molecular flexibility index (Phi) is 7.03. The molecule has 12 nitrogen and oxygen atoms in total. The van der Waals surface area contributed by atoms with Gasteiger partial charge >= 0.3 is 5.97 Å².